The number of amides is 3. The van der Waals surface area contributed by atoms with E-state index >= 15 is 0 Å². The Hall–Kier alpha value is -3.34. The molecule has 1 aromatic rings. The molecule has 2 saturated heterocycles. The summed E-state index contributed by atoms with van der Waals surface area (Å²) in [7, 11) is 1.26. The van der Waals surface area contributed by atoms with Gasteiger partial charge in [0, 0.05) is 19.4 Å². The summed E-state index contributed by atoms with van der Waals surface area (Å²) < 4.78 is 9.82. The van der Waals surface area contributed by atoms with E-state index in [9.17, 15) is 24.0 Å². The van der Waals surface area contributed by atoms with Crippen LogP contribution >= 0.6 is 11.8 Å². The molecule has 0 unspecified atom stereocenters. The molecule has 0 aromatic heterocycles. The summed E-state index contributed by atoms with van der Waals surface area (Å²) >= 11 is 1.25. The van der Waals surface area contributed by atoms with E-state index in [4.69, 9.17) is 4.74 Å². The number of thioether (sulfide) groups is 1. The van der Waals surface area contributed by atoms with Crippen molar-refractivity contribution in [3.63, 3.8) is 0 Å². The van der Waals surface area contributed by atoms with E-state index in [-0.39, 0.29) is 42.9 Å². The monoisotopic (exact) mass is 447 g/mol. The van der Waals surface area contributed by atoms with Crippen molar-refractivity contribution in [3.8, 4) is 0 Å². The number of nitrogens with zero attached hydrogens (tertiary/aromatic N) is 2. The van der Waals surface area contributed by atoms with Crippen molar-refractivity contribution in [2.24, 2.45) is 0 Å². The minimum Gasteiger partial charge on any atom is -0.466 e. The quantitative estimate of drug-likeness (QED) is 0.373. The molecule has 31 heavy (non-hydrogen) atoms. The zero-order valence-electron chi connectivity index (χ0n) is 16.8. The molecule has 0 spiro atoms. The molecule has 0 aliphatic carbocycles. The first-order chi connectivity index (χ1) is 14.9. The number of esters is 2. The molecule has 0 radical (unpaired) electrons. The summed E-state index contributed by atoms with van der Waals surface area (Å²) in [6.45, 7) is 0.388. The van der Waals surface area contributed by atoms with Crippen molar-refractivity contribution in [1.29, 1.82) is 0 Å². The number of ether oxygens (including phenoxy) is 2. The Bertz CT molecular complexity index is 929. The molecular formula is C20H21N3O7S. The molecule has 2 heterocycles. The predicted octanol–water partition coefficient (Wildman–Crippen LogP) is 0.981. The third kappa shape index (κ3) is 5.63. The lowest BCUT2D eigenvalue weighted by Crippen LogP contribution is -2.50. The molecule has 2 aliphatic heterocycles. The number of hydrazine groups is 1. The average Bonchev–Trinajstić information content (AvgIpc) is 3.11. The third-order valence-electron chi connectivity index (χ3n) is 4.53. The van der Waals surface area contributed by atoms with Crippen molar-refractivity contribution in [1.82, 2.24) is 10.3 Å². The van der Waals surface area contributed by atoms with Gasteiger partial charge >= 0.3 is 11.9 Å². The SMILES string of the molecule is COC(=O)/C=C1/SCC(=O)N1CCCOC(=O)c1ccc(N2NC(=O)CCC2=O)cc1. The smallest absolute Gasteiger partial charge is 0.338 e. The summed E-state index contributed by atoms with van der Waals surface area (Å²) in [6, 6.07) is 6.10. The Morgan fingerprint density at radius 3 is 2.58 bits per heavy atom. The van der Waals surface area contributed by atoms with E-state index in [1.165, 1.54) is 42.0 Å². The van der Waals surface area contributed by atoms with Crippen LogP contribution < -0.4 is 10.4 Å². The molecule has 3 rings (SSSR count). The van der Waals surface area contributed by atoms with Gasteiger partial charge < -0.3 is 14.4 Å². The molecule has 10 nitrogen and oxygen atoms in total. The summed E-state index contributed by atoms with van der Waals surface area (Å²) in [5.41, 5.74) is 3.22. The van der Waals surface area contributed by atoms with Crippen molar-refractivity contribution < 1.29 is 33.4 Å². The highest BCUT2D eigenvalue weighted by Gasteiger charge is 2.27. The number of benzene rings is 1. The van der Waals surface area contributed by atoms with Gasteiger partial charge in [0.15, 0.2) is 0 Å². The van der Waals surface area contributed by atoms with E-state index in [2.05, 4.69) is 10.2 Å². The van der Waals surface area contributed by atoms with Crippen LogP contribution in [0.2, 0.25) is 0 Å². The van der Waals surface area contributed by atoms with Crippen LogP contribution in [-0.4, -0.2) is 60.6 Å². The van der Waals surface area contributed by atoms with Gasteiger partial charge in [-0.25, -0.2) is 14.6 Å². The number of carbonyl (C=O) groups is 5. The standard InChI is InChI=1S/C20H21N3O7S/c1-29-19(27)11-18-22(17(26)12-31-18)9-2-10-30-20(28)13-3-5-14(6-4-13)23-16(25)8-7-15(24)21-23/h3-6,11H,2,7-10,12H2,1H3,(H,21,24)/b18-11+. The number of carbonyl (C=O) groups excluding carboxylic acids is 5. The van der Waals surface area contributed by atoms with Gasteiger partial charge in [-0.3, -0.25) is 19.8 Å². The normalized spacial score (nSPS) is 17.7. The Kier molecular flexibility index (Phi) is 7.29. The van der Waals surface area contributed by atoms with Crippen LogP contribution in [0, 0.1) is 0 Å². The molecule has 0 atom stereocenters. The van der Waals surface area contributed by atoms with Crippen LogP contribution in [-0.2, 0) is 28.7 Å². The second-order valence-electron chi connectivity index (χ2n) is 6.64. The number of rotatable bonds is 7. The molecule has 1 aromatic carbocycles. The average molecular weight is 447 g/mol. The van der Waals surface area contributed by atoms with E-state index in [1.807, 2.05) is 0 Å². The van der Waals surface area contributed by atoms with Gasteiger partial charge in [0.2, 0.25) is 17.7 Å². The van der Waals surface area contributed by atoms with E-state index in [1.54, 1.807) is 12.1 Å². The first kappa shape index (κ1) is 22.3. The fourth-order valence-corrected chi connectivity index (χ4v) is 3.89. The molecule has 2 fully saturated rings. The molecule has 11 heteroatoms. The van der Waals surface area contributed by atoms with Gasteiger partial charge in [-0.15, -0.1) is 0 Å². The van der Waals surface area contributed by atoms with E-state index in [0.29, 0.717) is 29.2 Å². The molecule has 164 valence electrons. The Labute approximate surface area is 182 Å². The fourth-order valence-electron chi connectivity index (χ4n) is 2.93. The largest absolute Gasteiger partial charge is 0.466 e. The maximum Gasteiger partial charge on any atom is 0.338 e. The van der Waals surface area contributed by atoms with Gasteiger partial charge in [0.25, 0.3) is 0 Å². The molecule has 2 aliphatic rings. The molecule has 3 amide bonds. The minimum atomic E-state index is -0.548. The summed E-state index contributed by atoms with van der Waals surface area (Å²) in [6.07, 6.45) is 1.94. The number of hydrogen-bond donors (Lipinski definition) is 1. The van der Waals surface area contributed by atoms with Crippen LogP contribution in [0.4, 0.5) is 5.69 Å². The maximum absolute atomic E-state index is 12.2. The van der Waals surface area contributed by atoms with E-state index < -0.39 is 11.9 Å². The van der Waals surface area contributed by atoms with Crippen molar-refractivity contribution in [3.05, 3.63) is 40.9 Å². The molecule has 0 saturated carbocycles. The first-order valence-corrected chi connectivity index (χ1v) is 10.5. The highest BCUT2D eigenvalue weighted by molar-refractivity contribution is 8.04. The topological polar surface area (TPSA) is 122 Å². The Balaban J connectivity index is 1.49. The van der Waals surface area contributed by atoms with Crippen molar-refractivity contribution in [2.75, 3.05) is 31.0 Å². The number of nitrogens with one attached hydrogen (secondary N) is 1. The van der Waals surface area contributed by atoms with Gasteiger partial charge in [-0.05, 0) is 30.7 Å². The summed E-state index contributed by atoms with van der Waals surface area (Å²) in [5.74, 6) is -1.44. The number of methoxy groups -OCH3 is 1. The van der Waals surface area contributed by atoms with Gasteiger partial charge in [-0.2, -0.15) is 0 Å². The molecule has 0 bridgehead atoms. The number of hydrogen-bond acceptors (Lipinski definition) is 8. The maximum atomic E-state index is 12.2. The van der Waals surface area contributed by atoms with Crippen LogP contribution in [0.15, 0.2) is 35.4 Å². The van der Waals surface area contributed by atoms with Crippen molar-refractivity contribution >= 4 is 47.1 Å². The van der Waals surface area contributed by atoms with Crippen molar-refractivity contribution in [2.45, 2.75) is 19.3 Å². The lowest BCUT2D eigenvalue weighted by molar-refractivity contribution is -0.135. The molecular weight excluding hydrogens is 426 g/mol. The van der Waals surface area contributed by atoms with Crippen LogP contribution in [0.5, 0.6) is 0 Å². The van der Waals surface area contributed by atoms with Crippen LogP contribution in [0.3, 0.4) is 0 Å². The second-order valence-corrected chi connectivity index (χ2v) is 7.64. The molecule has 1 N–H and O–H groups in total. The van der Waals surface area contributed by atoms with Crippen LogP contribution in [0.25, 0.3) is 0 Å². The lowest BCUT2D eigenvalue weighted by atomic mass is 10.2. The van der Waals surface area contributed by atoms with Gasteiger partial charge in [0.1, 0.15) is 0 Å². The Morgan fingerprint density at radius 1 is 1.13 bits per heavy atom. The summed E-state index contributed by atoms with van der Waals surface area (Å²) in [5, 5.41) is 1.67. The zero-order valence-corrected chi connectivity index (χ0v) is 17.6. The van der Waals surface area contributed by atoms with Gasteiger partial charge in [-0.1, -0.05) is 11.8 Å². The second kappa shape index (κ2) is 10.1. The highest BCUT2D eigenvalue weighted by Crippen LogP contribution is 2.28. The minimum absolute atomic E-state index is 0.0845. The van der Waals surface area contributed by atoms with Gasteiger partial charge in [0.05, 0.1) is 41.8 Å². The first-order valence-electron chi connectivity index (χ1n) is 9.51. The lowest BCUT2D eigenvalue weighted by Gasteiger charge is -2.27. The third-order valence-corrected chi connectivity index (χ3v) is 5.55. The van der Waals surface area contributed by atoms with E-state index in [0.717, 1.165) is 5.01 Å². The predicted molar refractivity (Wildman–Crippen MR) is 110 cm³/mol. The fraction of sp³-hybridized carbons (Fsp3) is 0.350. The summed E-state index contributed by atoms with van der Waals surface area (Å²) in [4.78, 5) is 60.5. The zero-order chi connectivity index (χ0) is 22.4. The number of anilines is 1. The van der Waals surface area contributed by atoms with Crippen LogP contribution in [0.1, 0.15) is 29.6 Å². The Morgan fingerprint density at radius 2 is 1.87 bits per heavy atom. The highest BCUT2D eigenvalue weighted by atomic mass is 32.2.